The molecule has 0 bridgehead atoms. The number of aliphatic hydroxyl groups is 1. The van der Waals surface area contributed by atoms with E-state index in [1.807, 2.05) is 48.5 Å². The normalized spacial score (nSPS) is 21.0. The summed E-state index contributed by atoms with van der Waals surface area (Å²) < 4.78 is 49.8. The van der Waals surface area contributed by atoms with Crippen LogP contribution in [0, 0.1) is 11.8 Å². The minimum absolute atomic E-state index is 0.0000985. The monoisotopic (exact) mass is 1320 g/mol. The molecule has 6 aromatic rings. The molecule has 0 spiro atoms. The Balaban J connectivity index is 0.000000153. The molecule has 3 saturated heterocycles. The van der Waals surface area contributed by atoms with Crippen molar-refractivity contribution in [2.24, 2.45) is 11.8 Å². The van der Waals surface area contributed by atoms with Gasteiger partial charge in [0.15, 0.2) is 23.2 Å². The van der Waals surface area contributed by atoms with E-state index >= 15 is 0 Å². The summed E-state index contributed by atoms with van der Waals surface area (Å²) in [6.45, 7) is 21.6. The van der Waals surface area contributed by atoms with Crippen LogP contribution in [0.3, 0.4) is 0 Å². The first kappa shape index (κ1) is 68.4. The fourth-order valence-electron chi connectivity index (χ4n) is 12.2. The quantitative estimate of drug-likeness (QED) is 0.0411. The second-order valence-corrected chi connectivity index (χ2v) is 27.2. The molecule has 0 amide bonds. The lowest BCUT2D eigenvalue weighted by Gasteiger charge is -2.36. The van der Waals surface area contributed by atoms with Crippen LogP contribution in [0.2, 0.25) is 10.0 Å². The van der Waals surface area contributed by atoms with Crippen molar-refractivity contribution in [2.75, 3.05) is 84.3 Å². The second-order valence-electron chi connectivity index (χ2n) is 26.5. The Morgan fingerprint density at radius 1 is 0.613 bits per heavy atom. The number of Topliss-reactive ketones (excluding diaryl/α,β-unsaturated/α-hetero) is 2. The molecule has 3 saturated carbocycles. The number of ether oxygens (including phenoxy) is 4. The molecule has 93 heavy (non-hydrogen) atoms. The zero-order valence-corrected chi connectivity index (χ0v) is 55.9. The van der Waals surface area contributed by atoms with E-state index in [-0.39, 0.29) is 54.7 Å². The molecule has 3 aromatic heterocycles. The predicted molar refractivity (Wildman–Crippen MR) is 362 cm³/mol. The van der Waals surface area contributed by atoms with Gasteiger partial charge in [0.25, 0.3) is 5.92 Å². The summed E-state index contributed by atoms with van der Waals surface area (Å²) in [5.74, 6) is 5.03. The Morgan fingerprint density at radius 2 is 1.03 bits per heavy atom. The van der Waals surface area contributed by atoms with E-state index in [1.54, 1.807) is 32.6 Å². The van der Waals surface area contributed by atoms with Crippen LogP contribution in [0.25, 0.3) is 0 Å². The van der Waals surface area contributed by atoms with Gasteiger partial charge in [-0.15, -0.1) is 6.58 Å². The van der Waals surface area contributed by atoms with Crippen molar-refractivity contribution in [2.45, 2.75) is 166 Å². The van der Waals surface area contributed by atoms with E-state index in [2.05, 4.69) is 114 Å². The fourth-order valence-corrected chi connectivity index (χ4v) is 12.7. The lowest BCUT2D eigenvalue weighted by atomic mass is 9.80. The van der Waals surface area contributed by atoms with Gasteiger partial charge in [0.1, 0.15) is 75.6 Å². The molecule has 3 aromatic carbocycles. The SMILES string of the molecule is C=C(C)C[C@@H](C)c1ccc(O[C@@H]2CCN(c3ncc(OC[C@H]4CC4(F)F)cn3)C2)cc1.CC(=O)C[C@@H](C)c1ccc(O[C@@H]2CCN(c3ncnc(NCC4(O)CCC4)c3Cl)C2)cc1.CC(=O)C[C@@H](C)c1ccc(O[C@@H]2CCN(c3ncnc(NCC4CC4)c3Cl)C2)cc1. The number of nitrogens with zero attached hydrogens (tertiary/aromatic N) is 9. The third-order valence-corrected chi connectivity index (χ3v) is 18.8. The van der Waals surface area contributed by atoms with Crippen molar-refractivity contribution in [3.05, 3.63) is 137 Å². The molecule has 18 nitrogen and oxygen atoms in total. The van der Waals surface area contributed by atoms with Gasteiger partial charge in [0, 0.05) is 71.2 Å². The summed E-state index contributed by atoms with van der Waals surface area (Å²) in [7, 11) is 0. The van der Waals surface area contributed by atoms with E-state index in [9.17, 15) is 23.5 Å². The highest BCUT2D eigenvalue weighted by molar-refractivity contribution is 6.35. The first-order valence-corrected chi connectivity index (χ1v) is 33.6. The van der Waals surface area contributed by atoms with Crippen LogP contribution in [0.5, 0.6) is 23.0 Å². The molecule has 6 heterocycles. The van der Waals surface area contributed by atoms with Crippen LogP contribution in [0.4, 0.5) is 38.0 Å². The second kappa shape index (κ2) is 31.2. The topological polar surface area (TPSA) is 202 Å². The molecule has 22 heteroatoms. The maximum Gasteiger partial charge on any atom is 0.255 e. The highest BCUT2D eigenvalue weighted by Gasteiger charge is 2.57. The van der Waals surface area contributed by atoms with Gasteiger partial charge in [-0.3, -0.25) is 0 Å². The van der Waals surface area contributed by atoms with Crippen molar-refractivity contribution in [1.82, 2.24) is 29.9 Å². The number of rotatable bonds is 27. The molecular weight excluding hydrogens is 1230 g/mol. The lowest BCUT2D eigenvalue weighted by Crippen LogP contribution is -2.43. The number of aromatic nitrogens is 6. The summed E-state index contributed by atoms with van der Waals surface area (Å²) >= 11 is 13.2. The van der Waals surface area contributed by atoms with Crippen LogP contribution >= 0.6 is 23.2 Å². The Morgan fingerprint density at radius 3 is 1.43 bits per heavy atom. The lowest BCUT2D eigenvalue weighted by molar-refractivity contribution is -0.118. The molecule has 6 aliphatic rings. The number of benzene rings is 3. The van der Waals surface area contributed by atoms with Gasteiger partial charge in [-0.2, -0.15) is 0 Å². The van der Waals surface area contributed by atoms with Crippen molar-refractivity contribution in [3.63, 3.8) is 0 Å². The largest absolute Gasteiger partial charge is 0.490 e. The van der Waals surface area contributed by atoms with Crippen LogP contribution in [-0.2, 0) is 9.59 Å². The molecule has 498 valence electrons. The maximum absolute atomic E-state index is 12.9. The van der Waals surface area contributed by atoms with Gasteiger partial charge in [0.05, 0.1) is 50.2 Å². The first-order valence-electron chi connectivity index (χ1n) is 32.8. The number of ketones is 2. The Kier molecular flexibility index (Phi) is 23.0. The zero-order chi connectivity index (χ0) is 65.8. The predicted octanol–water partition coefficient (Wildman–Crippen LogP) is 14.1. The number of allylic oxidation sites excluding steroid dienone is 1. The highest BCUT2D eigenvalue weighted by Crippen LogP contribution is 2.48. The van der Waals surface area contributed by atoms with E-state index in [0.29, 0.717) is 77.6 Å². The standard InChI is InChI=1S/C24H31ClN4O3.C24H29F2N3O2.C23H29ClN4O2/c1-16(12-17(2)30)18-4-6-19(7-5-18)32-20-8-11-29(13-20)23-21(25)22(27-15-28-23)26-14-24(31)9-3-10-24;1-16(2)10-17(3)18-4-6-20(7-5-18)31-21-8-9-29(14-21)23-27-12-22(13-28-23)30-15-19-11-24(19,25)26;1-15(11-16(2)29)18-5-7-19(8-6-18)30-20-9-10-28(13-20)23-21(24)22(26-14-27-23)25-12-17-3-4-17/h4-7,15-16,20,31H,3,8-14H2,1-2H3,(H,26,27,28);4-7,12-13,17,19,21H,1,8-11,14-15H2,2-3H3;5-8,14-15,17,20H,3-4,9-13H2,1-2H3,(H,25,26,27)/t16-,20-;17-,19-,21-;15-,20-/m111/s1. The zero-order valence-electron chi connectivity index (χ0n) is 54.3. The summed E-state index contributed by atoms with van der Waals surface area (Å²) in [6.07, 6.45) is 16.2. The molecule has 3 N–H and O–H groups in total. The molecule has 12 rings (SSSR count). The number of carbonyl (C=O) groups excluding carboxylic acids is 2. The minimum Gasteiger partial charge on any atom is -0.490 e. The van der Waals surface area contributed by atoms with E-state index in [4.69, 9.17) is 42.1 Å². The van der Waals surface area contributed by atoms with Crippen molar-refractivity contribution < 1.29 is 42.4 Å². The number of hydrogen-bond acceptors (Lipinski definition) is 18. The summed E-state index contributed by atoms with van der Waals surface area (Å²) in [4.78, 5) is 55.1. The van der Waals surface area contributed by atoms with Crippen molar-refractivity contribution in [3.8, 4) is 23.0 Å². The van der Waals surface area contributed by atoms with E-state index in [1.165, 1.54) is 30.3 Å². The minimum atomic E-state index is -2.57. The molecule has 0 unspecified atom stereocenters. The number of nitrogens with one attached hydrogen (secondary N) is 2. The molecular formula is C71H89Cl2F2N11O7. The Labute approximate surface area is 555 Å². The van der Waals surface area contributed by atoms with E-state index < -0.39 is 17.4 Å². The molecule has 3 aliphatic carbocycles. The molecule has 6 fully saturated rings. The highest BCUT2D eigenvalue weighted by atomic mass is 35.5. The summed E-state index contributed by atoms with van der Waals surface area (Å²) in [5, 5.41) is 17.9. The van der Waals surface area contributed by atoms with Gasteiger partial charge in [-0.25, -0.2) is 38.7 Å². The molecule has 3 aliphatic heterocycles. The fraction of sp³-hybridized carbons (Fsp3) is 0.521. The number of carbonyl (C=O) groups is 2. The number of alkyl halides is 2. The number of anilines is 5. The van der Waals surface area contributed by atoms with Crippen LogP contribution in [0.1, 0.15) is 153 Å². The van der Waals surface area contributed by atoms with Gasteiger partial charge in [0.2, 0.25) is 5.95 Å². The van der Waals surface area contributed by atoms with Gasteiger partial charge in [-0.05, 0) is 136 Å². The summed E-state index contributed by atoms with van der Waals surface area (Å²) in [5.41, 5.74) is 4.11. The van der Waals surface area contributed by atoms with Crippen molar-refractivity contribution >= 4 is 64.0 Å². The molecule has 7 atom stereocenters. The molecule has 0 radical (unpaired) electrons. The van der Waals surface area contributed by atoms with Gasteiger partial charge >= 0.3 is 0 Å². The first-order chi connectivity index (χ1) is 44.6. The summed E-state index contributed by atoms with van der Waals surface area (Å²) in [6, 6.07) is 24.4. The van der Waals surface area contributed by atoms with Crippen LogP contribution < -0.4 is 44.3 Å². The number of hydrogen-bond donors (Lipinski definition) is 3. The maximum atomic E-state index is 12.9. The third-order valence-electron chi connectivity index (χ3n) is 18.1. The van der Waals surface area contributed by atoms with Gasteiger partial charge < -0.3 is 59.0 Å². The third kappa shape index (κ3) is 19.6. The van der Waals surface area contributed by atoms with Gasteiger partial charge in [-0.1, -0.05) is 85.9 Å². The average molecular weight is 1320 g/mol. The smallest absolute Gasteiger partial charge is 0.255 e. The Bertz CT molecular complexity index is 3460. The van der Waals surface area contributed by atoms with Crippen LogP contribution in [0.15, 0.2) is 110 Å². The van der Waals surface area contributed by atoms with Crippen molar-refractivity contribution in [1.29, 1.82) is 0 Å². The average Bonchev–Trinajstić information content (AvgIpc) is 1.68. The number of halogens is 4. The van der Waals surface area contributed by atoms with E-state index in [0.717, 1.165) is 118 Å². The van der Waals surface area contributed by atoms with Crippen LogP contribution in [-0.4, -0.2) is 135 Å². The Hall–Kier alpha value is -7.42.